The minimum absolute atomic E-state index is 0.0562. The summed E-state index contributed by atoms with van der Waals surface area (Å²) in [5.41, 5.74) is 0.0562. The van der Waals surface area contributed by atoms with Gasteiger partial charge in [0.25, 0.3) is 0 Å². The van der Waals surface area contributed by atoms with Crippen LogP contribution >= 0.6 is 0 Å². The Bertz CT molecular complexity index is 168. The van der Waals surface area contributed by atoms with Crippen molar-refractivity contribution in [2.45, 2.75) is 45.6 Å². The molecule has 0 aromatic rings. The van der Waals surface area contributed by atoms with E-state index in [9.17, 15) is 0 Å². The first-order valence-corrected chi connectivity index (χ1v) is 5.79. The third kappa shape index (κ3) is 3.97. The van der Waals surface area contributed by atoms with E-state index >= 15 is 0 Å². The molecule has 0 aromatic heterocycles. The molecule has 2 heteroatoms. The van der Waals surface area contributed by atoms with Crippen molar-refractivity contribution in [1.29, 1.82) is 0 Å². The van der Waals surface area contributed by atoms with Gasteiger partial charge in [-0.05, 0) is 58.0 Å². The van der Waals surface area contributed by atoms with Crippen molar-refractivity contribution in [3.8, 4) is 0 Å². The molecule has 0 aromatic carbocycles. The molecule has 14 heavy (non-hydrogen) atoms. The summed E-state index contributed by atoms with van der Waals surface area (Å²) in [5.74, 6) is 1.70. The number of hydrogen-bond acceptors (Lipinski definition) is 2. The van der Waals surface area contributed by atoms with Gasteiger partial charge in [0.15, 0.2) is 0 Å². The second-order valence-electron chi connectivity index (χ2n) is 5.37. The molecule has 1 fully saturated rings. The van der Waals surface area contributed by atoms with Crippen molar-refractivity contribution in [2.24, 2.45) is 11.8 Å². The van der Waals surface area contributed by atoms with Crippen molar-refractivity contribution < 1.29 is 4.74 Å². The third-order valence-electron chi connectivity index (χ3n) is 3.37. The Morgan fingerprint density at radius 1 is 1.36 bits per heavy atom. The van der Waals surface area contributed by atoms with E-state index in [1.165, 1.54) is 32.4 Å². The molecule has 1 heterocycles. The molecule has 1 aliphatic heterocycles. The van der Waals surface area contributed by atoms with Crippen molar-refractivity contribution in [3.63, 3.8) is 0 Å². The maximum Gasteiger partial charge on any atom is 0.0622 e. The summed E-state index contributed by atoms with van der Waals surface area (Å²) in [4.78, 5) is 0. The Morgan fingerprint density at radius 2 is 2.07 bits per heavy atom. The molecule has 1 rings (SSSR count). The summed E-state index contributed by atoms with van der Waals surface area (Å²) in [6, 6.07) is 0. The first-order chi connectivity index (χ1) is 6.53. The lowest BCUT2D eigenvalue weighted by Gasteiger charge is -2.30. The average Bonchev–Trinajstić information content (AvgIpc) is 2.15. The summed E-state index contributed by atoms with van der Waals surface area (Å²) >= 11 is 0. The van der Waals surface area contributed by atoms with E-state index in [-0.39, 0.29) is 5.60 Å². The molecule has 0 bridgehead atoms. The molecule has 0 spiro atoms. The van der Waals surface area contributed by atoms with Gasteiger partial charge in [-0.1, -0.05) is 6.92 Å². The third-order valence-corrected chi connectivity index (χ3v) is 3.37. The fraction of sp³-hybridized carbons (Fsp3) is 1.00. The average molecular weight is 199 g/mol. The Labute approximate surface area is 88.4 Å². The predicted molar refractivity (Wildman–Crippen MR) is 60.5 cm³/mol. The molecule has 1 saturated heterocycles. The second-order valence-corrected chi connectivity index (χ2v) is 5.37. The van der Waals surface area contributed by atoms with Crippen LogP contribution in [0.15, 0.2) is 0 Å². The Kier molecular flexibility index (Phi) is 4.39. The van der Waals surface area contributed by atoms with Crippen molar-refractivity contribution in [1.82, 2.24) is 5.32 Å². The maximum atomic E-state index is 5.44. The van der Waals surface area contributed by atoms with Gasteiger partial charge in [-0.15, -0.1) is 0 Å². The molecule has 0 amide bonds. The quantitative estimate of drug-likeness (QED) is 0.751. The molecule has 0 radical (unpaired) electrons. The maximum absolute atomic E-state index is 5.44. The highest BCUT2D eigenvalue weighted by Crippen LogP contribution is 2.25. The molecule has 0 saturated carbocycles. The van der Waals surface area contributed by atoms with Gasteiger partial charge in [-0.3, -0.25) is 0 Å². The normalized spacial score (nSPS) is 29.1. The van der Waals surface area contributed by atoms with Crippen molar-refractivity contribution in [3.05, 3.63) is 0 Å². The van der Waals surface area contributed by atoms with Gasteiger partial charge in [0, 0.05) is 7.11 Å². The lowest BCUT2D eigenvalue weighted by molar-refractivity contribution is 0.00891. The molecule has 1 aliphatic rings. The summed E-state index contributed by atoms with van der Waals surface area (Å²) < 4.78 is 5.44. The van der Waals surface area contributed by atoms with Gasteiger partial charge in [-0.2, -0.15) is 0 Å². The standard InChI is InChI=1S/C12H25NO/c1-10-7-11(9-13-8-10)5-6-12(2,3)14-4/h10-11,13H,5-9H2,1-4H3. The van der Waals surface area contributed by atoms with E-state index < -0.39 is 0 Å². The van der Waals surface area contributed by atoms with Crippen LogP contribution in [0.3, 0.4) is 0 Å². The molecule has 1 N–H and O–H groups in total. The van der Waals surface area contributed by atoms with Crippen LogP contribution < -0.4 is 5.32 Å². The first-order valence-electron chi connectivity index (χ1n) is 5.79. The predicted octanol–water partition coefficient (Wildman–Crippen LogP) is 2.44. The molecule has 2 atom stereocenters. The van der Waals surface area contributed by atoms with E-state index in [0.29, 0.717) is 0 Å². The fourth-order valence-electron chi connectivity index (χ4n) is 2.14. The zero-order chi connectivity index (χ0) is 10.6. The molecular weight excluding hydrogens is 174 g/mol. The van der Waals surface area contributed by atoms with Crippen LogP contribution in [0.1, 0.15) is 40.0 Å². The van der Waals surface area contributed by atoms with Gasteiger partial charge >= 0.3 is 0 Å². The van der Waals surface area contributed by atoms with Crippen LogP contribution in [-0.2, 0) is 4.74 Å². The van der Waals surface area contributed by atoms with Gasteiger partial charge in [0.1, 0.15) is 0 Å². The van der Waals surface area contributed by atoms with Crippen LogP contribution in [0.5, 0.6) is 0 Å². The Balaban J connectivity index is 2.23. The van der Waals surface area contributed by atoms with Crippen LogP contribution in [0.2, 0.25) is 0 Å². The largest absolute Gasteiger partial charge is 0.379 e. The highest BCUT2D eigenvalue weighted by Gasteiger charge is 2.22. The van der Waals surface area contributed by atoms with Crippen LogP contribution in [0.4, 0.5) is 0 Å². The number of nitrogens with one attached hydrogen (secondary N) is 1. The van der Waals surface area contributed by atoms with Gasteiger partial charge in [0.05, 0.1) is 5.60 Å². The zero-order valence-corrected chi connectivity index (χ0v) is 10.1. The number of methoxy groups -OCH3 is 1. The van der Waals surface area contributed by atoms with Crippen LogP contribution in [0.25, 0.3) is 0 Å². The Morgan fingerprint density at radius 3 is 2.64 bits per heavy atom. The number of rotatable bonds is 4. The van der Waals surface area contributed by atoms with E-state index in [4.69, 9.17) is 4.74 Å². The fourth-order valence-corrected chi connectivity index (χ4v) is 2.14. The van der Waals surface area contributed by atoms with E-state index in [0.717, 1.165) is 11.8 Å². The first kappa shape index (κ1) is 12.0. The smallest absolute Gasteiger partial charge is 0.0622 e. The van der Waals surface area contributed by atoms with Gasteiger partial charge in [-0.25, -0.2) is 0 Å². The molecule has 2 unspecified atom stereocenters. The molecule has 84 valence electrons. The van der Waals surface area contributed by atoms with Crippen molar-refractivity contribution in [2.75, 3.05) is 20.2 Å². The summed E-state index contributed by atoms with van der Waals surface area (Å²) in [7, 11) is 1.81. The van der Waals surface area contributed by atoms with Crippen molar-refractivity contribution >= 4 is 0 Å². The molecular formula is C12H25NO. The lowest BCUT2D eigenvalue weighted by Crippen LogP contribution is -2.36. The van der Waals surface area contributed by atoms with E-state index in [2.05, 4.69) is 26.1 Å². The topological polar surface area (TPSA) is 21.3 Å². The van der Waals surface area contributed by atoms with Crippen LogP contribution in [0, 0.1) is 11.8 Å². The zero-order valence-electron chi connectivity index (χ0n) is 10.1. The minimum Gasteiger partial charge on any atom is -0.379 e. The van der Waals surface area contributed by atoms with Gasteiger partial charge in [0.2, 0.25) is 0 Å². The van der Waals surface area contributed by atoms with Crippen LogP contribution in [-0.4, -0.2) is 25.8 Å². The minimum atomic E-state index is 0.0562. The molecule has 2 nitrogen and oxygen atoms in total. The lowest BCUT2D eigenvalue weighted by atomic mass is 9.86. The highest BCUT2D eigenvalue weighted by atomic mass is 16.5. The summed E-state index contributed by atoms with van der Waals surface area (Å²) in [6.45, 7) is 9.08. The molecule has 0 aliphatic carbocycles. The Hall–Kier alpha value is -0.0800. The highest BCUT2D eigenvalue weighted by molar-refractivity contribution is 4.77. The van der Waals surface area contributed by atoms with Gasteiger partial charge < -0.3 is 10.1 Å². The summed E-state index contributed by atoms with van der Waals surface area (Å²) in [5, 5.41) is 3.50. The SMILES string of the molecule is COC(C)(C)CCC1CNCC(C)C1. The number of ether oxygens (including phenoxy) is 1. The van der Waals surface area contributed by atoms with E-state index in [1.54, 1.807) is 0 Å². The summed E-state index contributed by atoms with van der Waals surface area (Å²) in [6.07, 6.45) is 3.84. The van der Waals surface area contributed by atoms with E-state index in [1.807, 2.05) is 7.11 Å². The monoisotopic (exact) mass is 199 g/mol. The number of piperidine rings is 1. The second kappa shape index (κ2) is 5.13. The number of hydrogen-bond donors (Lipinski definition) is 1.